The van der Waals surface area contributed by atoms with Gasteiger partial charge in [-0.25, -0.2) is 0 Å². The average Bonchev–Trinajstić information content (AvgIpc) is 3.20. The fraction of sp³-hybridized carbons (Fsp3) is 0.942. The standard InChI is InChI=1S/C52H103NO3/c1-3-5-7-9-11-13-15-17-18-19-20-21-22-23-24-25-26-27-28-29-30-31-32-33-34-36-38-40-42-44-46-48-52(56)53-50(49-54)51(55)47-45-43-41-39-37-35-16-14-12-10-8-6-4-2/h19-20,50-51,54-55H,3-18,21-49H2,1-2H3,(H,53,56)/b20-19-. The van der Waals surface area contributed by atoms with Crippen LogP contribution in [0, 0.1) is 0 Å². The molecule has 0 aromatic heterocycles. The van der Waals surface area contributed by atoms with Gasteiger partial charge >= 0.3 is 0 Å². The third-order valence-corrected chi connectivity index (χ3v) is 12.3. The fourth-order valence-corrected chi connectivity index (χ4v) is 8.30. The highest BCUT2D eigenvalue weighted by Crippen LogP contribution is 2.17. The molecule has 3 N–H and O–H groups in total. The molecule has 0 bridgehead atoms. The molecule has 0 spiro atoms. The van der Waals surface area contributed by atoms with Gasteiger partial charge in [0, 0.05) is 6.42 Å². The van der Waals surface area contributed by atoms with E-state index in [1.54, 1.807) is 0 Å². The van der Waals surface area contributed by atoms with E-state index in [1.807, 2.05) is 0 Å². The monoisotopic (exact) mass is 790 g/mol. The molecule has 0 fully saturated rings. The van der Waals surface area contributed by atoms with Crippen LogP contribution in [0.1, 0.15) is 296 Å². The summed E-state index contributed by atoms with van der Waals surface area (Å²) in [6, 6.07) is -0.531. The van der Waals surface area contributed by atoms with E-state index in [4.69, 9.17) is 0 Å². The Kier molecular flexibility index (Phi) is 47.7. The van der Waals surface area contributed by atoms with Crippen molar-refractivity contribution in [1.29, 1.82) is 0 Å². The van der Waals surface area contributed by atoms with Crippen molar-refractivity contribution >= 4 is 5.91 Å². The highest BCUT2D eigenvalue weighted by Gasteiger charge is 2.20. The molecule has 0 aliphatic rings. The summed E-state index contributed by atoms with van der Waals surface area (Å²) >= 11 is 0. The molecule has 0 aliphatic heterocycles. The Morgan fingerprint density at radius 1 is 0.411 bits per heavy atom. The van der Waals surface area contributed by atoms with E-state index in [0.29, 0.717) is 12.8 Å². The van der Waals surface area contributed by atoms with E-state index in [2.05, 4.69) is 31.3 Å². The maximum Gasteiger partial charge on any atom is 0.220 e. The number of nitrogens with one attached hydrogen (secondary N) is 1. The molecule has 334 valence electrons. The van der Waals surface area contributed by atoms with Gasteiger partial charge in [0.15, 0.2) is 0 Å². The van der Waals surface area contributed by atoms with Gasteiger partial charge in [0.05, 0.1) is 18.8 Å². The molecule has 0 rings (SSSR count). The smallest absolute Gasteiger partial charge is 0.220 e. The first-order valence-corrected chi connectivity index (χ1v) is 25.9. The third kappa shape index (κ3) is 44.2. The summed E-state index contributed by atoms with van der Waals surface area (Å²) in [4.78, 5) is 12.4. The first-order chi connectivity index (χ1) is 27.7. The van der Waals surface area contributed by atoms with Crippen LogP contribution >= 0.6 is 0 Å². The number of allylic oxidation sites excluding steroid dienone is 2. The predicted octanol–water partition coefficient (Wildman–Crippen LogP) is 16.6. The molecule has 0 heterocycles. The molecule has 2 atom stereocenters. The molecular formula is C52H103NO3. The number of carbonyl (C=O) groups excluding carboxylic acids is 1. The van der Waals surface area contributed by atoms with Gasteiger partial charge in [-0.2, -0.15) is 0 Å². The van der Waals surface area contributed by atoms with Crippen molar-refractivity contribution in [2.45, 2.75) is 309 Å². The summed E-state index contributed by atoms with van der Waals surface area (Å²) in [7, 11) is 0. The number of aliphatic hydroxyl groups excluding tert-OH is 2. The quantitative estimate of drug-likeness (QED) is 0.0425. The van der Waals surface area contributed by atoms with E-state index < -0.39 is 12.1 Å². The summed E-state index contributed by atoms with van der Waals surface area (Å²) < 4.78 is 0. The normalized spacial score (nSPS) is 12.9. The van der Waals surface area contributed by atoms with Crippen molar-refractivity contribution in [1.82, 2.24) is 5.32 Å². The Morgan fingerprint density at radius 2 is 0.679 bits per heavy atom. The molecule has 0 aromatic rings. The summed E-state index contributed by atoms with van der Waals surface area (Å²) in [5, 5.41) is 23.2. The maximum atomic E-state index is 12.4. The van der Waals surface area contributed by atoms with E-state index >= 15 is 0 Å². The Labute approximate surface area is 352 Å². The zero-order valence-corrected chi connectivity index (χ0v) is 38.4. The minimum absolute atomic E-state index is 0.0260. The molecule has 0 aliphatic carbocycles. The molecule has 4 heteroatoms. The Balaban J connectivity index is 3.38. The van der Waals surface area contributed by atoms with Gasteiger partial charge in [-0.05, 0) is 38.5 Å². The minimum Gasteiger partial charge on any atom is -0.394 e. The highest BCUT2D eigenvalue weighted by atomic mass is 16.3. The lowest BCUT2D eigenvalue weighted by atomic mass is 10.0. The van der Waals surface area contributed by atoms with Crippen LogP contribution in [0.5, 0.6) is 0 Å². The van der Waals surface area contributed by atoms with Gasteiger partial charge in [0.1, 0.15) is 0 Å². The van der Waals surface area contributed by atoms with E-state index in [1.165, 1.54) is 244 Å². The molecule has 0 radical (unpaired) electrons. The SMILES string of the molecule is CCCCCCCCCC/C=C\CCCCCCCCCCCCCCCCCCCCCC(=O)NC(CO)C(O)CCCCCCCCCCCCCCC. The number of hydrogen-bond donors (Lipinski definition) is 3. The summed E-state index contributed by atoms with van der Waals surface area (Å²) in [5.41, 5.74) is 0. The molecule has 4 nitrogen and oxygen atoms in total. The lowest BCUT2D eigenvalue weighted by Crippen LogP contribution is -2.45. The molecule has 56 heavy (non-hydrogen) atoms. The van der Waals surface area contributed by atoms with E-state index in [-0.39, 0.29) is 12.5 Å². The number of unbranched alkanes of at least 4 members (excludes halogenated alkanes) is 39. The maximum absolute atomic E-state index is 12.4. The minimum atomic E-state index is -0.654. The summed E-state index contributed by atoms with van der Waals surface area (Å²) in [6.07, 6.45) is 61.9. The topological polar surface area (TPSA) is 69.6 Å². The number of rotatable bonds is 48. The Morgan fingerprint density at radius 3 is 0.982 bits per heavy atom. The third-order valence-electron chi connectivity index (χ3n) is 12.3. The zero-order chi connectivity index (χ0) is 40.7. The first-order valence-electron chi connectivity index (χ1n) is 25.9. The predicted molar refractivity (Wildman–Crippen MR) is 249 cm³/mol. The van der Waals surface area contributed by atoms with Crippen molar-refractivity contribution in [3.8, 4) is 0 Å². The largest absolute Gasteiger partial charge is 0.394 e. The average molecular weight is 790 g/mol. The second kappa shape index (κ2) is 48.5. The van der Waals surface area contributed by atoms with Crippen molar-refractivity contribution in [2.75, 3.05) is 6.61 Å². The number of hydrogen-bond acceptors (Lipinski definition) is 3. The number of carbonyl (C=O) groups is 1. The van der Waals surface area contributed by atoms with E-state index in [0.717, 1.165) is 25.7 Å². The molecule has 0 saturated heterocycles. The van der Waals surface area contributed by atoms with Crippen molar-refractivity contribution in [3.63, 3.8) is 0 Å². The van der Waals surface area contributed by atoms with Crippen LogP contribution in [0.25, 0.3) is 0 Å². The van der Waals surface area contributed by atoms with Crippen molar-refractivity contribution in [2.24, 2.45) is 0 Å². The summed E-state index contributed by atoms with van der Waals surface area (Å²) in [5.74, 6) is -0.0260. The lowest BCUT2D eigenvalue weighted by Gasteiger charge is -2.22. The van der Waals surface area contributed by atoms with E-state index in [9.17, 15) is 15.0 Å². The zero-order valence-electron chi connectivity index (χ0n) is 38.4. The van der Waals surface area contributed by atoms with Crippen LogP contribution in [0.4, 0.5) is 0 Å². The van der Waals surface area contributed by atoms with Gasteiger partial charge in [0.25, 0.3) is 0 Å². The second-order valence-corrected chi connectivity index (χ2v) is 17.9. The number of amides is 1. The Bertz CT molecular complexity index is 769. The van der Waals surface area contributed by atoms with Gasteiger partial charge in [-0.1, -0.05) is 264 Å². The molecule has 0 saturated carbocycles. The summed E-state index contributed by atoms with van der Waals surface area (Å²) in [6.45, 7) is 4.38. The first kappa shape index (κ1) is 55.1. The van der Waals surface area contributed by atoms with Crippen LogP contribution in [0.3, 0.4) is 0 Å². The number of aliphatic hydroxyl groups is 2. The Hall–Kier alpha value is -0.870. The van der Waals surface area contributed by atoms with Gasteiger partial charge in [-0.15, -0.1) is 0 Å². The van der Waals surface area contributed by atoms with Gasteiger partial charge < -0.3 is 15.5 Å². The molecular weight excluding hydrogens is 687 g/mol. The van der Waals surface area contributed by atoms with Gasteiger partial charge in [0.2, 0.25) is 5.91 Å². The lowest BCUT2D eigenvalue weighted by molar-refractivity contribution is -0.123. The highest BCUT2D eigenvalue weighted by molar-refractivity contribution is 5.76. The van der Waals surface area contributed by atoms with Crippen molar-refractivity contribution < 1.29 is 15.0 Å². The molecule has 1 amide bonds. The van der Waals surface area contributed by atoms with Crippen LogP contribution in [-0.4, -0.2) is 34.9 Å². The van der Waals surface area contributed by atoms with Crippen LogP contribution < -0.4 is 5.32 Å². The van der Waals surface area contributed by atoms with Gasteiger partial charge in [-0.3, -0.25) is 4.79 Å². The fourth-order valence-electron chi connectivity index (χ4n) is 8.30. The molecule has 2 unspecified atom stereocenters. The van der Waals surface area contributed by atoms with Crippen LogP contribution in [0.15, 0.2) is 12.2 Å². The van der Waals surface area contributed by atoms with Crippen LogP contribution in [-0.2, 0) is 4.79 Å². The second-order valence-electron chi connectivity index (χ2n) is 17.9. The van der Waals surface area contributed by atoms with Crippen molar-refractivity contribution in [3.05, 3.63) is 12.2 Å². The van der Waals surface area contributed by atoms with Crippen LogP contribution in [0.2, 0.25) is 0 Å². The molecule has 0 aromatic carbocycles.